The molecule has 3 unspecified atom stereocenters. The van der Waals surface area contributed by atoms with Crippen molar-refractivity contribution < 1.29 is 14.3 Å². The zero-order valence-electron chi connectivity index (χ0n) is 18.7. The third-order valence-corrected chi connectivity index (χ3v) is 6.22. The molecule has 0 radical (unpaired) electrons. The van der Waals surface area contributed by atoms with E-state index >= 15 is 0 Å². The van der Waals surface area contributed by atoms with Gasteiger partial charge in [-0.25, -0.2) is 0 Å². The highest BCUT2D eigenvalue weighted by molar-refractivity contribution is 5.78. The smallest absolute Gasteiger partial charge is 0.260 e. The molecule has 31 heavy (non-hydrogen) atoms. The van der Waals surface area contributed by atoms with Gasteiger partial charge < -0.3 is 14.4 Å². The largest absolute Gasteiger partial charge is 0.483 e. The molecule has 1 amide bonds. The molecule has 0 aliphatic carbocycles. The molecule has 0 N–H and O–H groups in total. The summed E-state index contributed by atoms with van der Waals surface area (Å²) in [6.07, 6.45) is 3.43. The van der Waals surface area contributed by atoms with E-state index in [4.69, 9.17) is 9.47 Å². The van der Waals surface area contributed by atoms with Crippen molar-refractivity contribution in [3.05, 3.63) is 65.7 Å². The summed E-state index contributed by atoms with van der Waals surface area (Å²) in [5, 5.41) is 0. The number of nitrogens with zero attached hydrogens (tertiary/aromatic N) is 2. The van der Waals surface area contributed by atoms with Crippen LogP contribution >= 0.6 is 0 Å². The van der Waals surface area contributed by atoms with Crippen LogP contribution < -0.4 is 4.74 Å². The Hall–Kier alpha value is -2.37. The minimum Gasteiger partial charge on any atom is -0.483 e. The fraction of sp³-hybridized carbons (Fsp3) is 0.500. The van der Waals surface area contributed by atoms with Crippen LogP contribution in [-0.4, -0.2) is 66.7 Å². The third kappa shape index (κ3) is 5.86. The quantitative estimate of drug-likeness (QED) is 0.681. The van der Waals surface area contributed by atoms with Gasteiger partial charge >= 0.3 is 0 Å². The highest BCUT2D eigenvalue weighted by Crippen LogP contribution is 2.24. The van der Waals surface area contributed by atoms with Gasteiger partial charge in [0, 0.05) is 38.6 Å². The van der Waals surface area contributed by atoms with Crippen molar-refractivity contribution in [3.63, 3.8) is 0 Å². The van der Waals surface area contributed by atoms with Gasteiger partial charge in [-0.1, -0.05) is 48.5 Å². The summed E-state index contributed by atoms with van der Waals surface area (Å²) in [4.78, 5) is 17.5. The Kier molecular flexibility index (Phi) is 7.25. The molecule has 2 aromatic rings. The number of hydrogen-bond donors (Lipinski definition) is 0. The number of carbonyl (C=O) groups excluding carboxylic acids is 1. The van der Waals surface area contributed by atoms with Crippen LogP contribution in [0.15, 0.2) is 54.6 Å². The van der Waals surface area contributed by atoms with E-state index in [2.05, 4.69) is 36.9 Å². The zero-order valence-corrected chi connectivity index (χ0v) is 18.7. The summed E-state index contributed by atoms with van der Waals surface area (Å²) in [6, 6.07) is 18.6. The number of carbonyl (C=O) groups is 1. The molecular formula is C26H34N2O3. The number of amides is 1. The molecule has 5 heteroatoms. The maximum Gasteiger partial charge on any atom is 0.260 e. The second kappa shape index (κ2) is 10.3. The van der Waals surface area contributed by atoms with E-state index in [1.165, 1.54) is 5.56 Å². The van der Waals surface area contributed by atoms with Crippen molar-refractivity contribution >= 4 is 5.91 Å². The highest BCUT2D eigenvalue weighted by atomic mass is 16.5. The minimum absolute atomic E-state index is 0.0892. The predicted octanol–water partition coefficient (Wildman–Crippen LogP) is 3.76. The van der Waals surface area contributed by atoms with Crippen molar-refractivity contribution in [3.8, 4) is 5.75 Å². The van der Waals surface area contributed by atoms with Crippen molar-refractivity contribution in [2.45, 2.75) is 51.4 Å². The fourth-order valence-corrected chi connectivity index (χ4v) is 4.91. The van der Waals surface area contributed by atoms with E-state index in [0.29, 0.717) is 0 Å². The first kappa shape index (κ1) is 21.8. The van der Waals surface area contributed by atoms with Gasteiger partial charge in [-0.05, 0) is 43.9 Å². The first-order chi connectivity index (χ1) is 15.1. The van der Waals surface area contributed by atoms with Crippen molar-refractivity contribution in [2.75, 3.05) is 32.8 Å². The zero-order chi connectivity index (χ0) is 21.6. The van der Waals surface area contributed by atoms with Crippen LogP contribution in [-0.2, 0) is 16.0 Å². The van der Waals surface area contributed by atoms with Crippen molar-refractivity contribution in [1.82, 2.24) is 9.80 Å². The third-order valence-electron chi connectivity index (χ3n) is 6.22. The average molecular weight is 423 g/mol. The molecule has 4 rings (SSSR count). The number of benzene rings is 2. The Morgan fingerprint density at radius 3 is 2.52 bits per heavy atom. The maximum absolute atomic E-state index is 13.0. The summed E-state index contributed by atoms with van der Waals surface area (Å²) in [6.45, 7) is 7.97. The molecule has 0 spiro atoms. The second-order valence-corrected chi connectivity index (χ2v) is 8.92. The Balaban J connectivity index is 1.34. The Labute approximate surface area is 185 Å². The lowest BCUT2D eigenvalue weighted by atomic mass is 10.0. The number of hydrogen-bond acceptors (Lipinski definition) is 4. The van der Waals surface area contributed by atoms with Crippen molar-refractivity contribution in [2.24, 2.45) is 0 Å². The van der Waals surface area contributed by atoms with Gasteiger partial charge in [0.1, 0.15) is 5.75 Å². The number of para-hydroxylation sites is 1. The fourth-order valence-electron chi connectivity index (χ4n) is 4.91. The Morgan fingerprint density at radius 2 is 1.74 bits per heavy atom. The number of likely N-dealkylation sites (tertiary alicyclic amines) is 1. The summed E-state index contributed by atoms with van der Waals surface area (Å²) < 4.78 is 11.9. The van der Waals surface area contributed by atoms with E-state index in [0.717, 1.165) is 56.8 Å². The lowest BCUT2D eigenvalue weighted by Crippen LogP contribution is -2.51. The molecule has 2 aliphatic rings. The van der Waals surface area contributed by atoms with Gasteiger partial charge in [0.2, 0.25) is 0 Å². The Bertz CT molecular complexity index is 847. The van der Waals surface area contributed by atoms with Gasteiger partial charge in [0.25, 0.3) is 5.91 Å². The summed E-state index contributed by atoms with van der Waals surface area (Å²) in [5.74, 6) is 0.887. The van der Waals surface area contributed by atoms with E-state index in [-0.39, 0.29) is 30.8 Å². The Morgan fingerprint density at radius 1 is 1.03 bits per heavy atom. The molecule has 2 aromatic carbocycles. The summed E-state index contributed by atoms with van der Waals surface area (Å²) in [5.41, 5.74) is 2.34. The van der Waals surface area contributed by atoms with Crippen LogP contribution in [0.5, 0.6) is 5.75 Å². The number of ether oxygens (including phenoxy) is 2. The number of rotatable bonds is 7. The average Bonchev–Trinajstić information content (AvgIpc) is 3.21. The van der Waals surface area contributed by atoms with Gasteiger partial charge in [0.05, 0.1) is 12.2 Å². The van der Waals surface area contributed by atoms with E-state index in [1.807, 2.05) is 41.3 Å². The van der Waals surface area contributed by atoms with E-state index in [1.54, 1.807) is 0 Å². The highest BCUT2D eigenvalue weighted by Gasteiger charge is 2.32. The molecular weight excluding hydrogens is 388 g/mol. The van der Waals surface area contributed by atoms with Crippen LogP contribution in [0.4, 0.5) is 0 Å². The van der Waals surface area contributed by atoms with Gasteiger partial charge in [-0.15, -0.1) is 0 Å². The molecule has 2 saturated heterocycles. The molecule has 2 aliphatic heterocycles. The van der Waals surface area contributed by atoms with E-state index in [9.17, 15) is 4.79 Å². The predicted molar refractivity (Wildman–Crippen MR) is 122 cm³/mol. The molecule has 0 aromatic heterocycles. The maximum atomic E-state index is 13.0. The van der Waals surface area contributed by atoms with Gasteiger partial charge in [0.15, 0.2) is 6.61 Å². The first-order valence-corrected chi connectivity index (χ1v) is 11.5. The molecule has 0 bridgehead atoms. The van der Waals surface area contributed by atoms with Crippen LogP contribution in [0.1, 0.15) is 37.8 Å². The van der Waals surface area contributed by atoms with E-state index < -0.39 is 0 Å². The normalized spacial score (nSPS) is 24.3. The molecule has 166 valence electrons. The topological polar surface area (TPSA) is 42.0 Å². The second-order valence-electron chi connectivity index (χ2n) is 8.92. The SMILES string of the molecule is CC1CN(CC2CCCN2C(=O)COc2ccccc2Cc2ccccc2)CC(C)O1. The van der Waals surface area contributed by atoms with Crippen LogP contribution in [0.25, 0.3) is 0 Å². The van der Waals surface area contributed by atoms with Crippen LogP contribution in [0, 0.1) is 0 Å². The number of morpholine rings is 1. The molecule has 0 saturated carbocycles. The van der Waals surface area contributed by atoms with Crippen LogP contribution in [0.2, 0.25) is 0 Å². The standard InChI is InChI=1S/C26H34N2O3/c1-20-16-27(17-21(2)31-20)18-24-12-8-14-28(24)26(29)19-30-25-13-7-6-11-23(25)15-22-9-4-3-5-10-22/h3-7,9-11,13,20-21,24H,8,12,14-19H2,1-2H3. The molecule has 3 atom stereocenters. The lowest BCUT2D eigenvalue weighted by molar-refractivity contribution is -0.135. The van der Waals surface area contributed by atoms with Crippen LogP contribution in [0.3, 0.4) is 0 Å². The molecule has 2 fully saturated rings. The van der Waals surface area contributed by atoms with Crippen molar-refractivity contribution in [1.29, 1.82) is 0 Å². The summed E-state index contributed by atoms with van der Waals surface area (Å²) >= 11 is 0. The monoisotopic (exact) mass is 422 g/mol. The molecule has 2 heterocycles. The van der Waals surface area contributed by atoms with Gasteiger partial charge in [-0.2, -0.15) is 0 Å². The van der Waals surface area contributed by atoms with Gasteiger partial charge in [-0.3, -0.25) is 9.69 Å². The molecule has 5 nitrogen and oxygen atoms in total. The minimum atomic E-state index is 0.0892. The lowest BCUT2D eigenvalue weighted by Gasteiger charge is -2.38. The summed E-state index contributed by atoms with van der Waals surface area (Å²) in [7, 11) is 0. The first-order valence-electron chi connectivity index (χ1n) is 11.5.